The lowest BCUT2D eigenvalue weighted by molar-refractivity contribution is -0.125. The lowest BCUT2D eigenvalue weighted by Crippen LogP contribution is -2.44. The summed E-state index contributed by atoms with van der Waals surface area (Å²) in [6.07, 6.45) is 5.10. The first-order chi connectivity index (χ1) is 15.4. The summed E-state index contributed by atoms with van der Waals surface area (Å²) in [6, 6.07) is 8.03. The van der Waals surface area contributed by atoms with Gasteiger partial charge in [-0.1, -0.05) is 18.2 Å². The molecule has 1 aliphatic heterocycles. The van der Waals surface area contributed by atoms with Gasteiger partial charge in [-0.2, -0.15) is 0 Å². The van der Waals surface area contributed by atoms with Crippen LogP contribution >= 0.6 is 12.4 Å². The molecule has 1 aromatic carbocycles. The van der Waals surface area contributed by atoms with Crippen LogP contribution in [0.2, 0.25) is 0 Å². The second kappa shape index (κ2) is 12.6. The number of benzene rings is 1. The van der Waals surface area contributed by atoms with Crippen molar-refractivity contribution in [2.24, 2.45) is 0 Å². The molecule has 3 rings (SSSR count). The molecule has 1 fully saturated rings. The van der Waals surface area contributed by atoms with E-state index in [-0.39, 0.29) is 18.3 Å². The van der Waals surface area contributed by atoms with Crippen molar-refractivity contribution in [1.29, 1.82) is 0 Å². The van der Waals surface area contributed by atoms with Crippen molar-refractivity contribution in [3.63, 3.8) is 0 Å². The van der Waals surface area contributed by atoms with E-state index in [4.69, 9.17) is 10.5 Å². The van der Waals surface area contributed by atoms with Gasteiger partial charge in [0.2, 0.25) is 5.91 Å². The van der Waals surface area contributed by atoms with E-state index >= 15 is 0 Å². The first kappa shape index (κ1) is 26.6. The van der Waals surface area contributed by atoms with Crippen LogP contribution in [0.3, 0.4) is 0 Å². The van der Waals surface area contributed by atoms with Gasteiger partial charge in [-0.05, 0) is 44.2 Å². The zero-order chi connectivity index (χ0) is 23.1. The van der Waals surface area contributed by atoms with Crippen LogP contribution in [0.1, 0.15) is 29.2 Å². The summed E-state index contributed by atoms with van der Waals surface area (Å²) in [7, 11) is 3.94. The van der Waals surface area contributed by atoms with E-state index in [1.807, 2.05) is 38.1 Å². The van der Waals surface area contributed by atoms with Crippen LogP contribution in [0.5, 0.6) is 5.75 Å². The maximum Gasteiger partial charge on any atom is 0.246 e. The lowest BCUT2D eigenvalue weighted by atomic mass is 10.1. The summed E-state index contributed by atoms with van der Waals surface area (Å²) in [5.41, 5.74) is 10.1. The van der Waals surface area contributed by atoms with E-state index in [1.165, 1.54) is 0 Å². The third-order valence-electron chi connectivity index (χ3n) is 5.80. The number of nitrogens with two attached hydrogens (primary N) is 1. The number of pyridine rings is 1. The van der Waals surface area contributed by atoms with E-state index in [0.717, 1.165) is 60.7 Å². The van der Waals surface area contributed by atoms with E-state index in [1.54, 1.807) is 30.3 Å². The number of aryl methyl sites for hydroxylation is 1. The van der Waals surface area contributed by atoms with Gasteiger partial charge in [0.1, 0.15) is 11.6 Å². The average Bonchev–Trinajstić information content (AvgIpc) is 2.78. The molecule has 0 spiro atoms. The molecule has 180 valence electrons. The number of aromatic nitrogens is 1. The van der Waals surface area contributed by atoms with Crippen LogP contribution in [-0.4, -0.2) is 72.5 Å². The predicted molar refractivity (Wildman–Crippen MR) is 137 cm³/mol. The van der Waals surface area contributed by atoms with Gasteiger partial charge < -0.3 is 20.3 Å². The van der Waals surface area contributed by atoms with Crippen LogP contribution in [0, 0.1) is 6.92 Å². The van der Waals surface area contributed by atoms with Gasteiger partial charge in [-0.15, -0.1) is 12.4 Å². The molecular formula is C25H36ClN5O2. The largest absolute Gasteiger partial charge is 0.493 e. The van der Waals surface area contributed by atoms with E-state index in [9.17, 15) is 4.79 Å². The molecule has 33 heavy (non-hydrogen) atoms. The molecule has 1 aliphatic rings. The number of halogens is 1. The highest BCUT2D eigenvalue weighted by Crippen LogP contribution is 2.24. The predicted octanol–water partition coefficient (Wildman–Crippen LogP) is 3.21. The summed E-state index contributed by atoms with van der Waals surface area (Å²) < 4.78 is 5.79. The van der Waals surface area contributed by atoms with Crippen LogP contribution in [0.4, 0.5) is 5.82 Å². The number of carbonyl (C=O) groups excluding carboxylic acids is 1. The van der Waals surface area contributed by atoms with Crippen LogP contribution in [0.15, 0.2) is 36.5 Å². The summed E-state index contributed by atoms with van der Waals surface area (Å²) in [5, 5.41) is 0. The van der Waals surface area contributed by atoms with E-state index in [0.29, 0.717) is 19.0 Å². The molecule has 0 atom stereocenters. The number of nitrogen functional groups attached to an aromatic ring is 1. The molecular weight excluding hydrogens is 438 g/mol. The van der Waals surface area contributed by atoms with Crippen LogP contribution < -0.4 is 10.5 Å². The number of rotatable bonds is 8. The molecule has 2 heterocycles. The van der Waals surface area contributed by atoms with Crippen molar-refractivity contribution in [3.05, 3.63) is 58.8 Å². The Kier molecular flexibility index (Phi) is 10.2. The molecule has 1 saturated heterocycles. The van der Waals surface area contributed by atoms with Gasteiger partial charge in [0.15, 0.2) is 0 Å². The Balaban J connectivity index is 0.00000385. The first-order valence-corrected chi connectivity index (χ1v) is 11.2. The number of nitrogens with zero attached hydrogens (tertiary/aromatic N) is 4. The fraction of sp³-hybridized carbons (Fsp3) is 0.440. The third-order valence-corrected chi connectivity index (χ3v) is 5.80. The zero-order valence-electron chi connectivity index (χ0n) is 20.1. The molecule has 8 heteroatoms. The van der Waals surface area contributed by atoms with Gasteiger partial charge in [0.05, 0.1) is 6.61 Å². The van der Waals surface area contributed by atoms with Crippen molar-refractivity contribution in [1.82, 2.24) is 19.7 Å². The van der Waals surface area contributed by atoms with E-state index < -0.39 is 0 Å². The Morgan fingerprint density at radius 3 is 2.67 bits per heavy atom. The molecule has 0 aliphatic carbocycles. The number of anilines is 1. The summed E-state index contributed by atoms with van der Waals surface area (Å²) in [6.45, 7) is 9.97. The topological polar surface area (TPSA) is 74.9 Å². The SMILES string of the molecule is CCOc1c(C)cccc1CN(C)C(=O)/C=C/c1cnc(N)c(CN2CCN(C)CC2)c1.Cl. The van der Waals surface area contributed by atoms with Gasteiger partial charge >= 0.3 is 0 Å². The minimum atomic E-state index is -0.0774. The van der Waals surface area contributed by atoms with Crippen LogP contribution in [0.25, 0.3) is 6.08 Å². The summed E-state index contributed by atoms with van der Waals surface area (Å²) in [4.78, 5) is 23.5. The highest BCUT2D eigenvalue weighted by atomic mass is 35.5. The maximum atomic E-state index is 12.7. The maximum absolute atomic E-state index is 12.7. The summed E-state index contributed by atoms with van der Waals surface area (Å²) >= 11 is 0. The second-order valence-corrected chi connectivity index (χ2v) is 8.42. The molecule has 1 aromatic heterocycles. The van der Waals surface area contributed by atoms with E-state index in [2.05, 4.69) is 21.8 Å². The zero-order valence-corrected chi connectivity index (χ0v) is 20.9. The number of carbonyl (C=O) groups is 1. The van der Waals surface area contributed by atoms with Gasteiger partial charge in [0, 0.05) is 69.7 Å². The molecule has 2 N–H and O–H groups in total. The Bertz CT molecular complexity index is 958. The molecule has 0 bridgehead atoms. The van der Waals surface area contributed by atoms with Crippen molar-refractivity contribution in [2.45, 2.75) is 26.9 Å². The molecule has 0 unspecified atom stereocenters. The number of ether oxygens (including phenoxy) is 1. The molecule has 1 amide bonds. The van der Waals surface area contributed by atoms with Gasteiger partial charge in [-0.3, -0.25) is 9.69 Å². The Morgan fingerprint density at radius 2 is 1.97 bits per heavy atom. The molecule has 0 saturated carbocycles. The minimum absolute atomic E-state index is 0. The monoisotopic (exact) mass is 473 g/mol. The molecule has 7 nitrogen and oxygen atoms in total. The van der Waals surface area contributed by atoms with Crippen molar-refractivity contribution in [3.8, 4) is 5.75 Å². The second-order valence-electron chi connectivity index (χ2n) is 8.42. The first-order valence-electron chi connectivity index (χ1n) is 11.2. The Labute approximate surface area is 203 Å². The van der Waals surface area contributed by atoms with Crippen molar-refractivity contribution < 1.29 is 9.53 Å². The van der Waals surface area contributed by atoms with Crippen molar-refractivity contribution >= 4 is 30.2 Å². The number of para-hydroxylation sites is 1. The van der Waals surface area contributed by atoms with Crippen LogP contribution in [-0.2, 0) is 17.9 Å². The third kappa shape index (κ3) is 7.45. The fourth-order valence-electron chi connectivity index (χ4n) is 3.82. The normalized spacial score (nSPS) is 14.8. The Hall–Kier alpha value is -2.61. The lowest BCUT2D eigenvalue weighted by Gasteiger charge is -2.32. The highest BCUT2D eigenvalue weighted by Gasteiger charge is 2.16. The highest BCUT2D eigenvalue weighted by molar-refractivity contribution is 5.91. The summed E-state index contributed by atoms with van der Waals surface area (Å²) in [5.74, 6) is 1.33. The van der Waals surface area contributed by atoms with Crippen molar-refractivity contribution in [2.75, 3.05) is 52.6 Å². The number of hydrogen-bond donors (Lipinski definition) is 1. The number of piperazine rings is 1. The smallest absolute Gasteiger partial charge is 0.246 e. The molecule has 0 radical (unpaired) electrons. The molecule has 2 aromatic rings. The Morgan fingerprint density at radius 1 is 1.24 bits per heavy atom. The number of likely N-dealkylation sites (N-methyl/N-ethyl adjacent to an activating group) is 2. The quantitative estimate of drug-likeness (QED) is 0.593. The minimum Gasteiger partial charge on any atom is -0.493 e. The van der Waals surface area contributed by atoms with Gasteiger partial charge in [-0.25, -0.2) is 4.98 Å². The standard InChI is InChI=1S/C25H35N5O2.ClH/c1-5-32-24-19(2)7-6-8-21(24)17-29(4)23(31)10-9-20-15-22(25(26)27-16-20)18-30-13-11-28(3)12-14-30;/h6-10,15-16H,5,11-14,17-18H2,1-4H3,(H2,26,27);1H/b10-9+;. The number of amides is 1. The average molecular weight is 474 g/mol. The van der Waals surface area contributed by atoms with Gasteiger partial charge in [0.25, 0.3) is 0 Å². The fourth-order valence-corrected chi connectivity index (χ4v) is 3.82. The number of hydrogen-bond acceptors (Lipinski definition) is 6.